The van der Waals surface area contributed by atoms with Gasteiger partial charge >= 0.3 is 5.97 Å². The monoisotopic (exact) mass is 508 g/mol. The summed E-state index contributed by atoms with van der Waals surface area (Å²) in [6.45, 7) is 15.2. The van der Waals surface area contributed by atoms with Crippen molar-refractivity contribution in [3.63, 3.8) is 0 Å². The zero-order valence-electron chi connectivity index (χ0n) is 23.9. The number of pyridine rings is 1. The van der Waals surface area contributed by atoms with Crippen LogP contribution in [0.4, 0.5) is 5.82 Å². The molecule has 1 fully saturated rings. The topological polar surface area (TPSA) is 104 Å². The van der Waals surface area contributed by atoms with Crippen LogP contribution in [0.5, 0.6) is 0 Å². The van der Waals surface area contributed by atoms with Crippen molar-refractivity contribution in [3.8, 4) is 0 Å². The van der Waals surface area contributed by atoms with E-state index in [1.807, 2.05) is 34.7 Å². The maximum atomic E-state index is 11.4. The average molecular weight is 509 g/mol. The summed E-state index contributed by atoms with van der Waals surface area (Å²) >= 11 is 0. The van der Waals surface area contributed by atoms with Crippen LogP contribution >= 0.6 is 0 Å². The normalized spacial score (nSPS) is 13.1. The Morgan fingerprint density at radius 1 is 1.14 bits per heavy atom. The number of carboxylic acid groups (broad SMARTS) is 1. The minimum absolute atomic E-state index is 0.320. The average Bonchev–Trinajstić information content (AvgIpc) is 3.72. The van der Waals surface area contributed by atoms with E-state index in [1.54, 1.807) is 0 Å². The van der Waals surface area contributed by atoms with Gasteiger partial charge in [-0.1, -0.05) is 40.7 Å². The number of aromatic nitrogens is 1. The van der Waals surface area contributed by atoms with Crippen molar-refractivity contribution < 1.29 is 19.4 Å². The molecule has 8 heteroatoms. The molecular formula is C28H52N4O4. The number of rotatable bonds is 17. The summed E-state index contributed by atoms with van der Waals surface area (Å²) in [5.74, 6) is 0.372. The van der Waals surface area contributed by atoms with Gasteiger partial charge in [0.25, 0.3) is 0 Å². The molecule has 0 radical (unpaired) electrons. The van der Waals surface area contributed by atoms with Crippen LogP contribution < -0.4 is 10.6 Å². The third-order valence-electron chi connectivity index (χ3n) is 5.82. The molecule has 1 unspecified atom stereocenters. The minimum Gasteiger partial charge on any atom is -0.480 e. The number of carbonyl (C=O) groups is 2. The van der Waals surface area contributed by atoms with Crippen LogP contribution in [0.3, 0.4) is 0 Å². The van der Waals surface area contributed by atoms with E-state index < -0.39 is 12.0 Å². The number of amides is 1. The van der Waals surface area contributed by atoms with Gasteiger partial charge in [0.05, 0.1) is 6.61 Å². The predicted octanol–water partition coefficient (Wildman–Crippen LogP) is 4.77. The molecule has 0 aliphatic heterocycles. The summed E-state index contributed by atoms with van der Waals surface area (Å²) < 4.78 is 5.79. The number of ether oxygens (including phenoxy) is 1. The zero-order chi connectivity index (χ0) is 27.3. The highest BCUT2D eigenvalue weighted by molar-refractivity contribution is 5.82. The molecule has 1 saturated carbocycles. The van der Waals surface area contributed by atoms with Crippen molar-refractivity contribution in [1.29, 1.82) is 0 Å². The lowest BCUT2D eigenvalue weighted by Crippen LogP contribution is -2.42. The van der Waals surface area contributed by atoms with Crippen LogP contribution in [0.25, 0.3) is 0 Å². The van der Waals surface area contributed by atoms with E-state index in [4.69, 9.17) is 9.72 Å². The number of unbranched alkanes of at least 4 members (excludes halogenated alkanes) is 1. The number of anilines is 1. The number of carbonyl (C=O) groups excluding carboxylic acids is 1. The van der Waals surface area contributed by atoms with Crippen molar-refractivity contribution in [2.45, 2.75) is 92.5 Å². The fourth-order valence-corrected chi connectivity index (χ4v) is 3.69. The van der Waals surface area contributed by atoms with Gasteiger partial charge in [0, 0.05) is 39.4 Å². The largest absolute Gasteiger partial charge is 0.480 e. The molecule has 36 heavy (non-hydrogen) atoms. The molecule has 0 saturated heterocycles. The first-order chi connectivity index (χ1) is 17.4. The van der Waals surface area contributed by atoms with Gasteiger partial charge in [-0.25, -0.2) is 9.78 Å². The molecule has 3 N–H and O–H groups in total. The first-order valence-corrected chi connectivity index (χ1v) is 13.9. The Morgan fingerprint density at radius 3 is 2.39 bits per heavy atom. The Labute approximate surface area is 219 Å². The Balaban J connectivity index is 0.00000291. The second-order valence-corrected chi connectivity index (χ2v) is 8.61. The molecule has 0 spiro atoms. The van der Waals surface area contributed by atoms with Crippen LogP contribution in [-0.2, 0) is 27.2 Å². The van der Waals surface area contributed by atoms with E-state index in [9.17, 15) is 14.7 Å². The van der Waals surface area contributed by atoms with Gasteiger partial charge in [-0.2, -0.15) is 0 Å². The Hall–Kier alpha value is -2.19. The van der Waals surface area contributed by atoms with Crippen LogP contribution in [0, 0.1) is 5.92 Å². The van der Waals surface area contributed by atoms with Crippen LogP contribution in [-0.4, -0.2) is 72.8 Å². The highest BCUT2D eigenvalue weighted by Crippen LogP contribution is 2.28. The molecule has 0 aromatic carbocycles. The van der Waals surface area contributed by atoms with E-state index in [2.05, 4.69) is 34.6 Å². The summed E-state index contributed by atoms with van der Waals surface area (Å²) in [5, 5.41) is 15.1. The van der Waals surface area contributed by atoms with E-state index >= 15 is 0 Å². The van der Waals surface area contributed by atoms with E-state index in [-0.39, 0.29) is 5.91 Å². The van der Waals surface area contributed by atoms with E-state index in [0.29, 0.717) is 19.6 Å². The third-order valence-corrected chi connectivity index (χ3v) is 5.82. The molecule has 208 valence electrons. The molecule has 1 aliphatic carbocycles. The van der Waals surface area contributed by atoms with E-state index in [1.165, 1.54) is 25.3 Å². The lowest BCUT2D eigenvalue weighted by atomic mass is 10.1. The van der Waals surface area contributed by atoms with Gasteiger partial charge in [-0.05, 0) is 69.0 Å². The molecule has 1 aromatic rings. The van der Waals surface area contributed by atoms with Crippen LogP contribution in [0.2, 0.25) is 0 Å². The number of nitrogens with one attached hydrogen (secondary N) is 2. The molecule has 1 heterocycles. The van der Waals surface area contributed by atoms with Crippen molar-refractivity contribution in [3.05, 3.63) is 23.4 Å². The quantitative estimate of drug-likeness (QED) is 0.260. The highest BCUT2D eigenvalue weighted by atomic mass is 16.5. The molecule has 8 nitrogen and oxygen atoms in total. The molecule has 0 bridgehead atoms. The van der Waals surface area contributed by atoms with E-state index in [0.717, 1.165) is 62.8 Å². The Morgan fingerprint density at radius 2 is 1.83 bits per heavy atom. The number of aliphatic carboxylic acids is 1. The second kappa shape index (κ2) is 20.9. The number of aryl methyl sites for hydroxylation is 2. The maximum absolute atomic E-state index is 11.4. The summed E-state index contributed by atoms with van der Waals surface area (Å²) in [6, 6.07) is 3.39. The fourth-order valence-electron chi connectivity index (χ4n) is 3.69. The molecule has 1 aliphatic rings. The maximum Gasteiger partial charge on any atom is 0.326 e. The van der Waals surface area contributed by atoms with Gasteiger partial charge in [-0.3, -0.25) is 4.79 Å². The predicted molar refractivity (Wildman–Crippen MR) is 149 cm³/mol. The number of hydrogen-bond acceptors (Lipinski definition) is 6. The Kier molecular flexibility index (Phi) is 19.7. The lowest BCUT2D eigenvalue weighted by molar-refractivity contribution is -0.141. The van der Waals surface area contributed by atoms with Gasteiger partial charge in [0.2, 0.25) is 5.91 Å². The van der Waals surface area contributed by atoms with Gasteiger partial charge < -0.3 is 25.4 Å². The molecule has 1 atom stereocenters. The molecule has 1 aromatic heterocycles. The van der Waals surface area contributed by atoms with Crippen molar-refractivity contribution in [2.75, 3.05) is 45.2 Å². The van der Waals surface area contributed by atoms with Gasteiger partial charge in [0.15, 0.2) is 0 Å². The highest BCUT2D eigenvalue weighted by Gasteiger charge is 2.22. The lowest BCUT2D eigenvalue weighted by Gasteiger charge is -2.24. The first kappa shape index (κ1) is 33.8. The molecule has 1 amide bonds. The summed E-state index contributed by atoms with van der Waals surface area (Å²) in [4.78, 5) is 29.7. The summed E-state index contributed by atoms with van der Waals surface area (Å²) in [7, 11) is 1.90. The third kappa shape index (κ3) is 15.0. The summed E-state index contributed by atoms with van der Waals surface area (Å²) in [6.07, 6.45) is 6.78. The number of carboxylic acids is 1. The van der Waals surface area contributed by atoms with Gasteiger partial charge in [0.1, 0.15) is 11.9 Å². The SMILES string of the molecule is CC.CC.CCc1ccc(CCCCN(CCOCC2CC2)CCC(NC(C)=O)C(=O)O)nc1NC. The fraction of sp³-hybridized carbons (Fsp3) is 0.750. The van der Waals surface area contributed by atoms with Crippen molar-refractivity contribution >= 4 is 17.7 Å². The van der Waals surface area contributed by atoms with Crippen molar-refractivity contribution in [2.24, 2.45) is 5.92 Å². The molecule has 2 rings (SSSR count). The number of hydrogen-bond donors (Lipinski definition) is 3. The first-order valence-electron chi connectivity index (χ1n) is 13.9. The smallest absolute Gasteiger partial charge is 0.326 e. The minimum atomic E-state index is -0.993. The van der Waals surface area contributed by atoms with Crippen LogP contribution in [0.15, 0.2) is 12.1 Å². The zero-order valence-corrected chi connectivity index (χ0v) is 23.9. The Bertz CT molecular complexity index is 726. The number of nitrogens with zero attached hydrogens (tertiary/aromatic N) is 2. The van der Waals surface area contributed by atoms with Crippen LogP contribution in [0.1, 0.15) is 84.9 Å². The summed E-state index contributed by atoms with van der Waals surface area (Å²) in [5.41, 5.74) is 2.31. The second-order valence-electron chi connectivity index (χ2n) is 8.61. The van der Waals surface area contributed by atoms with Gasteiger partial charge in [-0.15, -0.1) is 0 Å². The standard InChI is InChI=1S/C24H40N4O4.2C2H6/c1-4-20-10-11-21(27-23(20)25-3)7-5-6-13-28(15-16-32-17-19-8-9-19)14-12-22(24(30)31)26-18(2)29;2*1-2/h10-11,19,22H,4-9,12-17H2,1-3H3,(H,25,27)(H,26,29)(H,30,31);2*1-2H3. The molecular weight excluding hydrogens is 456 g/mol. The van der Waals surface area contributed by atoms with Crippen molar-refractivity contribution in [1.82, 2.24) is 15.2 Å².